The molecule has 0 aliphatic heterocycles. The second-order valence-corrected chi connectivity index (χ2v) is 7.67. The Morgan fingerprint density at radius 3 is 1.86 bits per heavy atom. The van der Waals surface area contributed by atoms with Crippen LogP contribution in [0.2, 0.25) is 13.1 Å². The van der Waals surface area contributed by atoms with Gasteiger partial charge in [-0.3, -0.25) is 0 Å². The lowest BCUT2D eigenvalue weighted by Crippen LogP contribution is -2.48. The van der Waals surface area contributed by atoms with E-state index in [-0.39, 0.29) is 5.54 Å². The highest BCUT2D eigenvalue weighted by Crippen LogP contribution is 2.24. The molecule has 0 spiro atoms. The van der Waals surface area contributed by atoms with Gasteiger partial charge in [-0.2, -0.15) is 0 Å². The minimum absolute atomic E-state index is 0.238. The average molecular weight is 207 g/mol. The molecule has 78 valence electrons. The minimum Gasteiger partial charge on any atom is -0.396 e. The standard InChI is InChI=1S/C12H21NSi/c1-12(2,3)13(14(4)5)11-9-7-6-8-10-11/h6-10,14H,1-5H3. The van der Waals surface area contributed by atoms with Crippen molar-refractivity contribution in [3.8, 4) is 0 Å². The molecule has 1 nitrogen and oxygen atoms in total. The van der Waals surface area contributed by atoms with Gasteiger partial charge in [0.2, 0.25) is 0 Å². The van der Waals surface area contributed by atoms with Crippen molar-refractivity contribution in [1.82, 2.24) is 0 Å². The summed E-state index contributed by atoms with van der Waals surface area (Å²) in [6.45, 7) is 11.6. The first-order chi connectivity index (χ1) is 6.43. The third kappa shape index (κ3) is 2.61. The molecule has 1 aromatic carbocycles. The lowest BCUT2D eigenvalue weighted by Gasteiger charge is -2.41. The number of anilines is 1. The maximum atomic E-state index is 2.58. The topological polar surface area (TPSA) is 3.24 Å². The van der Waals surface area contributed by atoms with E-state index >= 15 is 0 Å². The van der Waals surface area contributed by atoms with Crippen LogP contribution in [0.4, 0.5) is 5.69 Å². The Kier molecular flexibility index (Phi) is 3.37. The third-order valence-electron chi connectivity index (χ3n) is 2.27. The van der Waals surface area contributed by atoms with E-state index in [0.717, 1.165) is 0 Å². The van der Waals surface area contributed by atoms with E-state index in [1.165, 1.54) is 5.69 Å². The van der Waals surface area contributed by atoms with Crippen LogP contribution in [0.5, 0.6) is 0 Å². The first kappa shape index (κ1) is 11.3. The number of hydrogen-bond donors (Lipinski definition) is 0. The van der Waals surface area contributed by atoms with Crippen molar-refractivity contribution in [2.45, 2.75) is 39.4 Å². The van der Waals surface area contributed by atoms with Crippen molar-refractivity contribution in [2.24, 2.45) is 0 Å². The van der Waals surface area contributed by atoms with E-state index in [1.54, 1.807) is 0 Å². The number of para-hydroxylation sites is 1. The van der Waals surface area contributed by atoms with Crippen LogP contribution in [0, 0.1) is 0 Å². The van der Waals surface area contributed by atoms with Crippen LogP contribution in [0.15, 0.2) is 30.3 Å². The molecule has 1 aromatic rings. The fourth-order valence-corrected chi connectivity index (χ4v) is 4.37. The summed E-state index contributed by atoms with van der Waals surface area (Å²) in [6.07, 6.45) is 0. The SMILES string of the molecule is C[SiH](C)N(c1ccccc1)C(C)(C)C. The highest BCUT2D eigenvalue weighted by atomic mass is 28.3. The van der Waals surface area contributed by atoms with Crippen LogP contribution < -0.4 is 4.57 Å². The molecule has 0 amide bonds. The molecule has 0 bridgehead atoms. The van der Waals surface area contributed by atoms with Crippen LogP contribution in [0.25, 0.3) is 0 Å². The third-order valence-corrected chi connectivity index (χ3v) is 4.38. The summed E-state index contributed by atoms with van der Waals surface area (Å²) in [5.41, 5.74) is 1.60. The van der Waals surface area contributed by atoms with Crippen molar-refractivity contribution in [1.29, 1.82) is 0 Å². The molecule has 0 N–H and O–H groups in total. The summed E-state index contributed by atoms with van der Waals surface area (Å²) < 4.78 is 2.58. The monoisotopic (exact) mass is 207 g/mol. The molecule has 0 heterocycles. The lowest BCUT2D eigenvalue weighted by molar-refractivity contribution is 0.577. The Balaban J connectivity index is 3.02. The summed E-state index contributed by atoms with van der Waals surface area (Å²) in [4.78, 5) is 0. The van der Waals surface area contributed by atoms with Crippen LogP contribution >= 0.6 is 0 Å². The highest BCUT2D eigenvalue weighted by Gasteiger charge is 2.23. The van der Waals surface area contributed by atoms with Crippen molar-refractivity contribution >= 4 is 14.6 Å². The lowest BCUT2D eigenvalue weighted by atomic mass is 10.1. The Morgan fingerprint density at radius 1 is 1.00 bits per heavy atom. The van der Waals surface area contributed by atoms with E-state index in [4.69, 9.17) is 0 Å². The minimum atomic E-state index is -0.804. The zero-order valence-electron chi connectivity index (χ0n) is 9.91. The summed E-state index contributed by atoms with van der Waals surface area (Å²) >= 11 is 0. The predicted octanol–water partition coefficient (Wildman–Crippen LogP) is 3.27. The molecule has 0 atom stereocenters. The van der Waals surface area contributed by atoms with E-state index in [0.29, 0.717) is 0 Å². The van der Waals surface area contributed by atoms with E-state index in [1.807, 2.05) is 0 Å². The smallest absolute Gasteiger partial charge is 0.135 e. The second-order valence-electron chi connectivity index (χ2n) is 4.97. The van der Waals surface area contributed by atoms with Gasteiger partial charge in [0.05, 0.1) is 0 Å². The molecule has 0 unspecified atom stereocenters. The van der Waals surface area contributed by atoms with Gasteiger partial charge in [0.15, 0.2) is 0 Å². The fourth-order valence-electron chi connectivity index (χ4n) is 2.05. The number of hydrogen-bond acceptors (Lipinski definition) is 1. The van der Waals surface area contributed by atoms with E-state index in [2.05, 4.69) is 68.8 Å². The molecule has 0 aliphatic rings. The first-order valence-electron chi connectivity index (χ1n) is 5.27. The summed E-state index contributed by atoms with van der Waals surface area (Å²) in [5, 5.41) is 0. The number of rotatable bonds is 2. The molecule has 0 radical (unpaired) electrons. The zero-order chi connectivity index (χ0) is 10.8. The van der Waals surface area contributed by atoms with Crippen LogP contribution in [-0.4, -0.2) is 14.5 Å². The Bertz CT molecular complexity index is 274. The highest BCUT2D eigenvalue weighted by molar-refractivity contribution is 6.60. The van der Waals surface area contributed by atoms with Crippen LogP contribution in [0.3, 0.4) is 0 Å². The maximum absolute atomic E-state index is 2.58. The van der Waals surface area contributed by atoms with Crippen LogP contribution in [-0.2, 0) is 0 Å². The predicted molar refractivity (Wildman–Crippen MR) is 67.6 cm³/mol. The van der Waals surface area contributed by atoms with E-state index < -0.39 is 8.96 Å². The first-order valence-corrected chi connectivity index (χ1v) is 8.10. The Morgan fingerprint density at radius 2 is 1.50 bits per heavy atom. The largest absolute Gasteiger partial charge is 0.396 e. The van der Waals surface area contributed by atoms with Gasteiger partial charge in [0, 0.05) is 11.2 Å². The average Bonchev–Trinajstić information content (AvgIpc) is 2.02. The molecule has 0 aliphatic carbocycles. The zero-order valence-corrected chi connectivity index (χ0v) is 11.1. The molecule has 0 aromatic heterocycles. The van der Waals surface area contributed by atoms with Gasteiger partial charge in [-0.1, -0.05) is 31.3 Å². The summed E-state index contributed by atoms with van der Waals surface area (Å²) in [5.74, 6) is 0. The quantitative estimate of drug-likeness (QED) is 0.673. The van der Waals surface area contributed by atoms with Gasteiger partial charge in [0.25, 0.3) is 0 Å². The van der Waals surface area contributed by atoms with Gasteiger partial charge in [-0.15, -0.1) is 0 Å². The van der Waals surface area contributed by atoms with Gasteiger partial charge in [-0.05, 0) is 32.9 Å². The van der Waals surface area contributed by atoms with Gasteiger partial charge >= 0.3 is 0 Å². The molecule has 2 heteroatoms. The van der Waals surface area contributed by atoms with Gasteiger partial charge < -0.3 is 4.57 Å². The number of nitrogens with zero attached hydrogens (tertiary/aromatic N) is 1. The summed E-state index contributed by atoms with van der Waals surface area (Å²) in [6, 6.07) is 10.7. The van der Waals surface area contributed by atoms with Gasteiger partial charge in [-0.25, -0.2) is 0 Å². The molecule has 1 rings (SSSR count). The Labute approximate surface area is 89.4 Å². The number of benzene rings is 1. The summed E-state index contributed by atoms with van der Waals surface area (Å²) in [7, 11) is -0.804. The molecule has 0 saturated carbocycles. The molecular formula is C12H21NSi. The molecule has 0 saturated heterocycles. The maximum Gasteiger partial charge on any atom is 0.135 e. The van der Waals surface area contributed by atoms with Crippen LogP contribution in [0.1, 0.15) is 20.8 Å². The molecule has 14 heavy (non-hydrogen) atoms. The van der Waals surface area contributed by atoms with Gasteiger partial charge in [0.1, 0.15) is 8.96 Å². The van der Waals surface area contributed by atoms with E-state index in [9.17, 15) is 0 Å². The molecule has 0 fully saturated rings. The Hall–Kier alpha value is -0.763. The molecular weight excluding hydrogens is 186 g/mol. The van der Waals surface area contributed by atoms with Crippen molar-refractivity contribution < 1.29 is 0 Å². The van der Waals surface area contributed by atoms with Crippen molar-refractivity contribution in [2.75, 3.05) is 4.57 Å². The second kappa shape index (κ2) is 4.18. The fraction of sp³-hybridized carbons (Fsp3) is 0.500. The van der Waals surface area contributed by atoms with Crippen molar-refractivity contribution in [3.05, 3.63) is 30.3 Å². The normalized spacial score (nSPS) is 11.9. The van der Waals surface area contributed by atoms with Crippen molar-refractivity contribution in [3.63, 3.8) is 0 Å².